The van der Waals surface area contributed by atoms with Gasteiger partial charge in [-0.2, -0.15) is 0 Å². The molecule has 0 amide bonds. The summed E-state index contributed by atoms with van der Waals surface area (Å²) in [6.07, 6.45) is 3.45. The third-order valence-electron chi connectivity index (χ3n) is 2.69. The van der Waals surface area contributed by atoms with Crippen LogP contribution in [0.15, 0.2) is 21.6 Å². The molecule has 4 nitrogen and oxygen atoms in total. The van der Waals surface area contributed by atoms with Crippen LogP contribution in [0.25, 0.3) is 0 Å². The van der Waals surface area contributed by atoms with Gasteiger partial charge in [0.2, 0.25) is 0 Å². The Morgan fingerprint density at radius 3 is 2.89 bits per heavy atom. The molecule has 5 heteroatoms. The predicted octanol–water partition coefficient (Wildman–Crippen LogP) is 3.00. The molecule has 0 saturated heterocycles. The Balaban J connectivity index is 2.39. The lowest BCUT2D eigenvalue weighted by molar-refractivity contribution is -0.145. The van der Waals surface area contributed by atoms with Gasteiger partial charge in [-0.1, -0.05) is 6.92 Å². The number of carbonyl (C=O) groups is 1. The molecule has 19 heavy (non-hydrogen) atoms. The molecule has 0 aliphatic rings. The van der Waals surface area contributed by atoms with Crippen molar-refractivity contribution in [2.75, 3.05) is 18.9 Å². The van der Waals surface area contributed by atoms with Gasteiger partial charge in [-0.15, -0.1) is 11.8 Å². The number of rotatable bonds is 9. The van der Waals surface area contributed by atoms with Crippen LogP contribution in [0.1, 0.15) is 32.4 Å². The van der Waals surface area contributed by atoms with E-state index in [1.807, 2.05) is 19.9 Å². The van der Waals surface area contributed by atoms with Crippen molar-refractivity contribution in [2.45, 2.75) is 44.6 Å². The van der Waals surface area contributed by atoms with E-state index in [1.54, 1.807) is 18.0 Å². The standard InChI is InChI=1S/C14H23NO3S/c1-4-8-15-12(14(16)17-5-2)7-10-19-13-6-9-18-11(13)3/h6,9,12,15H,4-5,7-8,10H2,1-3H3. The zero-order valence-electron chi connectivity index (χ0n) is 11.9. The van der Waals surface area contributed by atoms with Crippen LogP contribution in [-0.4, -0.2) is 30.9 Å². The Labute approximate surface area is 119 Å². The summed E-state index contributed by atoms with van der Waals surface area (Å²) in [5, 5.41) is 3.24. The molecular formula is C14H23NO3S. The average Bonchev–Trinajstić information content (AvgIpc) is 2.79. The maximum absolute atomic E-state index is 11.8. The summed E-state index contributed by atoms with van der Waals surface area (Å²) in [5.74, 6) is 1.64. The summed E-state index contributed by atoms with van der Waals surface area (Å²) in [4.78, 5) is 12.9. The molecule has 0 radical (unpaired) electrons. The molecule has 0 aromatic carbocycles. The van der Waals surface area contributed by atoms with Crippen molar-refractivity contribution in [3.05, 3.63) is 18.1 Å². The fraction of sp³-hybridized carbons (Fsp3) is 0.643. The molecule has 1 aromatic rings. The summed E-state index contributed by atoms with van der Waals surface area (Å²) in [5.41, 5.74) is 0. The molecule has 1 rings (SSSR count). The largest absolute Gasteiger partial charge is 0.468 e. The first-order valence-electron chi connectivity index (χ1n) is 6.75. The van der Waals surface area contributed by atoms with Crippen molar-refractivity contribution >= 4 is 17.7 Å². The highest BCUT2D eigenvalue weighted by molar-refractivity contribution is 7.99. The normalized spacial score (nSPS) is 12.4. The van der Waals surface area contributed by atoms with E-state index in [-0.39, 0.29) is 12.0 Å². The smallest absolute Gasteiger partial charge is 0.323 e. The molecule has 1 atom stereocenters. The SMILES string of the molecule is CCCNC(CCSc1ccoc1C)C(=O)OCC. The van der Waals surface area contributed by atoms with Gasteiger partial charge in [0.15, 0.2) is 0 Å². The highest BCUT2D eigenvalue weighted by atomic mass is 32.2. The predicted molar refractivity (Wildman–Crippen MR) is 77.5 cm³/mol. The van der Waals surface area contributed by atoms with Gasteiger partial charge in [0.05, 0.1) is 12.9 Å². The molecule has 0 aliphatic heterocycles. The number of nitrogens with one attached hydrogen (secondary N) is 1. The zero-order valence-corrected chi connectivity index (χ0v) is 12.7. The molecule has 0 fully saturated rings. The molecule has 1 N–H and O–H groups in total. The summed E-state index contributed by atoms with van der Waals surface area (Å²) in [6.45, 7) is 7.12. The van der Waals surface area contributed by atoms with Crippen molar-refractivity contribution in [3.63, 3.8) is 0 Å². The monoisotopic (exact) mass is 285 g/mol. The van der Waals surface area contributed by atoms with Crippen molar-refractivity contribution in [1.29, 1.82) is 0 Å². The first-order valence-corrected chi connectivity index (χ1v) is 7.74. The number of hydrogen-bond acceptors (Lipinski definition) is 5. The van der Waals surface area contributed by atoms with Gasteiger partial charge >= 0.3 is 5.97 Å². The van der Waals surface area contributed by atoms with Crippen LogP contribution in [0.2, 0.25) is 0 Å². The molecular weight excluding hydrogens is 262 g/mol. The number of thioether (sulfide) groups is 1. The van der Waals surface area contributed by atoms with Crippen LogP contribution in [0.5, 0.6) is 0 Å². The molecule has 1 aromatic heterocycles. The number of furan rings is 1. The van der Waals surface area contributed by atoms with Crippen molar-refractivity contribution in [3.8, 4) is 0 Å². The third-order valence-corrected chi connectivity index (χ3v) is 3.86. The average molecular weight is 285 g/mol. The summed E-state index contributed by atoms with van der Waals surface area (Å²) < 4.78 is 10.3. The van der Waals surface area contributed by atoms with Gasteiger partial charge in [-0.3, -0.25) is 4.79 Å². The number of carbonyl (C=O) groups excluding carboxylic acids is 1. The molecule has 0 bridgehead atoms. The number of aryl methyl sites for hydroxylation is 1. The molecule has 0 spiro atoms. The third kappa shape index (κ3) is 5.70. The van der Waals surface area contributed by atoms with Crippen LogP contribution in [0.4, 0.5) is 0 Å². The second-order valence-corrected chi connectivity index (χ2v) is 5.37. The number of esters is 1. The van der Waals surface area contributed by atoms with Crippen molar-refractivity contribution < 1.29 is 13.9 Å². The van der Waals surface area contributed by atoms with E-state index in [0.29, 0.717) is 6.61 Å². The highest BCUT2D eigenvalue weighted by Crippen LogP contribution is 2.24. The van der Waals surface area contributed by atoms with Gasteiger partial charge in [0.1, 0.15) is 11.8 Å². The Morgan fingerprint density at radius 1 is 1.53 bits per heavy atom. The Bertz CT molecular complexity index is 379. The van der Waals surface area contributed by atoms with Crippen molar-refractivity contribution in [2.24, 2.45) is 0 Å². The van der Waals surface area contributed by atoms with Crippen LogP contribution in [0.3, 0.4) is 0 Å². The minimum atomic E-state index is -0.209. The van der Waals surface area contributed by atoms with Gasteiger partial charge in [0, 0.05) is 10.6 Å². The summed E-state index contributed by atoms with van der Waals surface area (Å²) in [6, 6.07) is 1.75. The Kier molecular flexibility index (Phi) is 7.67. The number of ether oxygens (including phenoxy) is 1. The van der Waals surface area contributed by atoms with E-state index < -0.39 is 0 Å². The molecule has 1 unspecified atom stereocenters. The Morgan fingerprint density at radius 2 is 2.32 bits per heavy atom. The molecule has 108 valence electrons. The van der Waals surface area contributed by atoms with Crippen LogP contribution in [-0.2, 0) is 9.53 Å². The topological polar surface area (TPSA) is 51.5 Å². The summed E-state index contributed by atoms with van der Waals surface area (Å²) in [7, 11) is 0. The first kappa shape index (κ1) is 16.1. The number of hydrogen-bond donors (Lipinski definition) is 1. The van der Waals surface area contributed by atoms with E-state index in [2.05, 4.69) is 12.2 Å². The lowest BCUT2D eigenvalue weighted by atomic mass is 10.2. The highest BCUT2D eigenvalue weighted by Gasteiger charge is 2.18. The fourth-order valence-corrected chi connectivity index (χ4v) is 2.65. The lowest BCUT2D eigenvalue weighted by Gasteiger charge is -2.16. The summed E-state index contributed by atoms with van der Waals surface area (Å²) >= 11 is 1.71. The van der Waals surface area contributed by atoms with Gasteiger partial charge in [0.25, 0.3) is 0 Å². The Hall–Kier alpha value is -0.940. The quantitative estimate of drug-likeness (QED) is 0.558. The molecule has 0 aliphatic carbocycles. The van der Waals surface area contributed by atoms with E-state index in [4.69, 9.17) is 9.15 Å². The van der Waals surface area contributed by atoms with E-state index in [0.717, 1.165) is 35.8 Å². The van der Waals surface area contributed by atoms with E-state index >= 15 is 0 Å². The van der Waals surface area contributed by atoms with Gasteiger partial charge < -0.3 is 14.5 Å². The lowest BCUT2D eigenvalue weighted by Crippen LogP contribution is -2.39. The second kappa shape index (κ2) is 9.04. The minimum absolute atomic E-state index is 0.152. The van der Waals surface area contributed by atoms with Crippen LogP contribution >= 0.6 is 11.8 Å². The molecule has 1 heterocycles. The van der Waals surface area contributed by atoms with Gasteiger partial charge in [-0.05, 0) is 39.3 Å². The first-order chi connectivity index (χ1) is 9.19. The molecule has 0 saturated carbocycles. The minimum Gasteiger partial charge on any atom is -0.468 e. The fourth-order valence-electron chi connectivity index (χ4n) is 1.67. The van der Waals surface area contributed by atoms with Crippen LogP contribution < -0.4 is 5.32 Å². The van der Waals surface area contributed by atoms with Crippen molar-refractivity contribution in [1.82, 2.24) is 5.32 Å². The van der Waals surface area contributed by atoms with Crippen LogP contribution in [0, 0.1) is 6.92 Å². The maximum atomic E-state index is 11.8. The van der Waals surface area contributed by atoms with Gasteiger partial charge in [-0.25, -0.2) is 0 Å². The van der Waals surface area contributed by atoms with E-state index in [9.17, 15) is 4.79 Å². The van der Waals surface area contributed by atoms with E-state index in [1.165, 1.54) is 0 Å². The zero-order chi connectivity index (χ0) is 14.1. The second-order valence-electron chi connectivity index (χ2n) is 4.24. The maximum Gasteiger partial charge on any atom is 0.323 e.